The largest absolute Gasteiger partial charge is 0.481 e. The average Bonchev–Trinajstić information content (AvgIpc) is 2.58. The number of carboxylic acid groups (broad SMARTS) is 1. The first-order valence-corrected chi connectivity index (χ1v) is 7.11. The smallest absolute Gasteiger partial charge is 0.303 e. The SMILES string of the molecule is Cc1ccsc1CCN(C)CC(C)(C)CC(=O)O. The maximum atomic E-state index is 10.8. The Morgan fingerprint density at radius 1 is 1.50 bits per heavy atom. The minimum atomic E-state index is -0.720. The molecule has 0 saturated heterocycles. The lowest BCUT2D eigenvalue weighted by Crippen LogP contribution is -2.34. The summed E-state index contributed by atoms with van der Waals surface area (Å²) in [7, 11) is 2.06. The second-order valence-electron chi connectivity index (χ2n) is 5.75. The molecule has 0 spiro atoms. The average molecular weight is 269 g/mol. The number of thiophene rings is 1. The van der Waals surface area contributed by atoms with Gasteiger partial charge in [0, 0.05) is 18.0 Å². The topological polar surface area (TPSA) is 40.5 Å². The molecule has 1 aromatic heterocycles. The fourth-order valence-electron chi connectivity index (χ4n) is 2.23. The molecule has 0 radical (unpaired) electrons. The lowest BCUT2D eigenvalue weighted by molar-refractivity contribution is -0.139. The molecule has 18 heavy (non-hydrogen) atoms. The second-order valence-corrected chi connectivity index (χ2v) is 6.75. The molecular formula is C14H23NO2S. The van der Waals surface area contributed by atoms with E-state index < -0.39 is 5.97 Å². The van der Waals surface area contributed by atoms with Gasteiger partial charge in [0.2, 0.25) is 0 Å². The van der Waals surface area contributed by atoms with E-state index >= 15 is 0 Å². The van der Waals surface area contributed by atoms with Gasteiger partial charge in [-0.05, 0) is 42.8 Å². The Morgan fingerprint density at radius 3 is 2.67 bits per heavy atom. The molecule has 0 fully saturated rings. The van der Waals surface area contributed by atoms with Crippen LogP contribution in [0.5, 0.6) is 0 Å². The molecule has 1 N–H and O–H groups in total. The molecule has 102 valence electrons. The molecule has 3 nitrogen and oxygen atoms in total. The van der Waals surface area contributed by atoms with Crippen molar-refractivity contribution in [1.82, 2.24) is 4.90 Å². The summed E-state index contributed by atoms with van der Waals surface area (Å²) in [5.41, 5.74) is 1.18. The fourth-order valence-corrected chi connectivity index (χ4v) is 3.13. The van der Waals surface area contributed by atoms with Gasteiger partial charge in [-0.15, -0.1) is 11.3 Å². The summed E-state index contributed by atoms with van der Waals surface area (Å²) < 4.78 is 0. The Kier molecular flexibility index (Phi) is 5.35. The third-order valence-corrected chi connectivity index (χ3v) is 4.10. The number of hydrogen-bond acceptors (Lipinski definition) is 3. The van der Waals surface area contributed by atoms with Crippen LogP contribution in [-0.2, 0) is 11.2 Å². The molecular weight excluding hydrogens is 246 g/mol. The van der Waals surface area contributed by atoms with Gasteiger partial charge in [-0.2, -0.15) is 0 Å². The first kappa shape index (κ1) is 15.2. The van der Waals surface area contributed by atoms with E-state index in [-0.39, 0.29) is 11.8 Å². The van der Waals surface area contributed by atoms with Gasteiger partial charge < -0.3 is 10.0 Å². The number of hydrogen-bond donors (Lipinski definition) is 1. The van der Waals surface area contributed by atoms with Crippen LogP contribution in [0.3, 0.4) is 0 Å². The second kappa shape index (κ2) is 6.34. The van der Waals surface area contributed by atoms with E-state index in [4.69, 9.17) is 5.11 Å². The highest BCUT2D eigenvalue weighted by Crippen LogP contribution is 2.22. The van der Waals surface area contributed by atoms with Crippen LogP contribution < -0.4 is 0 Å². The predicted molar refractivity (Wildman–Crippen MR) is 76.3 cm³/mol. The highest BCUT2D eigenvalue weighted by Gasteiger charge is 2.23. The maximum absolute atomic E-state index is 10.8. The lowest BCUT2D eigenvalue weighted by Gasteiger charge is -2.28. The van der Waals surface area contributed by atoms with E-state index in [1.807, 2.05) is 13.8 Å². The minimum absolute atomic E-state index is 0.176. The molecule has 0 aliphatic carbocycles. The molecule has 0 bridgehead atoms. The third kappa shape index (κ3) is 5.19. The van der Waals surface area contributed by atoms with E-state index in [0.717, 1.165) is 19.5 Å². The molecule has 0 aliphatic heterocycles. The van der Waals surface area contributed by atoms with Gasteiger partial charge in [0.25, 0.3) is 0 Å². The summed E-state index contributed by atoms with van der Waals surface area (Å²) in [5, 5.41) is 11.0. The Labute approximate surface area is 113 Å². The summed E-state index contributed by atoms with van der Waals surface area (Å²) in [5.74, 6) is -0.720. The van der Waals surface area contributed by atoms with Gasteiger partial charge in [0.1, 0.15) is 0 Å². The Hall–Kier alpha value is -0.870. The lowest BCUT2D eigenvalue weighted by atomic mass is 9.89. The van der Waals surface area contributed by atoms with Crippen LogP contribution >= 0.6 is 11.3 Å². The number of nitrogens with zero attached hydrogens (tertiary/aromatic N) is 1. The van der Waals surface area contributed by atoms with Crippen molar-refractivity contribution in [3.8, 4) is 0 Å². The first-order chi connectivity index (χ1) is 8.30. The Bertz CT molecular complexity index is 398. The summed E-state index contributed by atoms with van der Waals surface area (Å²) in [6.45, 7) is 7.94. The van der Waals surface area contributed by atoms with Crippen LogP contribution in [0, 0.1) is 12.3 Å². The number of carbonyl (C=O) groups is 1. The van der Waals surface area contributed by atoms with Crippen LogP contribution in [0.25, 0.3) is 0 Å². The van der Waals surface area contributed by atoms with Crippen molar-refractivity contribution < 1.29 is 9.90 Å². The van der Waals surface area contributed by atoms with Crippen LogP contribution in [-0.4, -0.2) is 36.1 Å². The monoisotopic (exact) mass is 269 g/mol. The standard InChI is InChI=1S/C14H23NO2S/c1-11-6-8-18-12(11)5-7-15(4)10-14(2,3)9-13(16)17/h6,8H,5,7,9-10H2,1-4H3,(H,16,17). The van der Waals surface area contributed by atoms with E-state index in [1.165, 1.54) is 10.4 Å². The zero-order chi connectivity index (χ0) is 13.8. The Morgan fingerprint density at radius 2 is 2.17 bits per heavy atom. The molecule has 1 heterocycles. The van der Waals surface area contributed by atoms with Gasteiger partial charge in [-0.3, -0.25) is 4.79 Å². The molecule has 0 saturated carbocycles. The van der Waals surface area contributed by atoms with Gasteiger partial charge >= 0.3 is 5.97 Å². The van der Waals surface area contributed by atoms with Crippen molar-refractivity contribution in [2.45, 2.75) is 33.6 Å². The van der Waals surface area contributed by atoms with Crippen molar-refractivity contribution in [2.75, 3.05) is 20.1 Å². The third-order valence-electron chi connectivity index (χ3n) is 3.02. The summed E-state index contributed by atoms with van der Waals surface area (Å²) in [6, 6.07) is 2.15. The van der Waals surface area contributed by atoms with Crippen molar-refractivity contribution >= 4 is 17.3 Å². The first-order valence-electron chi connectivity index (χ1n) is 6.23. The number of carboxylic acids is 1. The molecule has 0 amide bonds. The highest BCUT2D eigenvalue weighted by atomic mass is 32.1. The predicted octanol–water partition coefficient (Wildman–Crippen LogP) is 3.03. The van der Waals surface area contributed by atoms with Gasteiger partial charge in [-0.25, -0.2) is 0 Å². The molecule has 0 unspecified atom stereocenters. The number of aryl methyl sites for hydroxylation is 1. The maximum Gasteiger partial charge on any atom is 0.303 e. The van der Waals surface area contributed by atoms with Crippen molar-refractivity contribution in [1.29, 1.82) is 0 Å². The highest BCUT2D eigenvalue weighted by molar-refractivity contribution is 7.10. The number of aliphatic carboxylic acids is 1. The van der Waals surface area contributed by atoms with Crippen LogP contribution in [0.4, 0.5) is 0 Å². The number of rotatable bonds is 7. The van der Waals surface area contributed by atoms with E-state index in [0.29, 0.717) is 0 Å². The molecule has 1 rings (SSSR count). The number of likely N-dealkylation sites (N-methyl/N-ethyl adjacent to an activating group) is 1. The summed E-state index contributed by atoms with van der Waals surface area (Å²) >= 11 is 1.80. The van der Waals surface area contributed by atoms with Gasteiger partial charge in [0.15, 0.2) is 0 Å². The van der Waals surface area contributed by atoms with Crippen LogP contribution in [0.15, 0.2) is 11.4 Å². The van der Waals surface area contributed by atoms with Gasteiger partial charge in [-0.1, -0.05) is 13.8 Å². The van der Waals surface area contributed by atoms with Crippen molar-refractivity contribution in [2.24, 2.45) is 5.41 Å². The zero-order valence-electron chi connectivity index (χ0n) is 11.7. The summed E-state index contributed by atoms with van der Waals surface area (Å²) in [4.78, 5) is 14.4. The van der Waals surface area contributed by atoms with E-state index in [9.17, 15) is 4.79 Å². The van der Waals surface area contributed by atoms with E-state index in [1.54, 1.807) is 11.3 Å². The Balaban J connectivity index is 2.40. The molecule has 0 aliphatic rings. The molecule has 1 aromatic rings. The summed E-state index contributed by atoms with van der Waals surface area (Å²) in [6.07, 6.45) is 1.26. The van der Waals surface area contributed by atoms with Crippen molar-refractivity contribution in [3.63, 3.8) is 0 Å². The van der Waals surface area contributed by atoms with Crippen molar-refractivity contribution in [3.05, 3.63) is 21.9 Å². The fraction of sp³-hybridized carbons (Fsp3) is 0.643. The molecule has 0 aromatic carbocycles. The normalized spacial score (nSPS) is 12.1. The molecule has 0 atom stereocenters. The molecule has 4 heteroatoms. The van der Waals surface area contributed by atoms with Gasteiger partial charge in [0.05, 0.1) is 6.42 Å². The van der Waals surface area contributed by atoms with Crippen LogP contribution in [0.1, 0.15) is 30.7 Å². The van der Waals surface area contributed by atoms with Crippen LogP contribution in [0.2, 0.25) is 0 Å². The van der Waals surface area contributed by atoms with E-state index in [2.05, 4.69) is 30.3 Å². The minimum Gasteiger partial charge on any atom is -0.481 e. The zero-order valence-corrected chi connectivity index (χ0v) is 12.5. The quantitative estimate of drug-likeness (QED) is 0.827.